The molecule has 0 bridgehead atoms. The number of rotatable bonds is 4. The van der Waals surface area contributed by atoms with Gasteiger partial charge in [-0.05, 0) is 62.3 Å². The number of benzene rings is 1. The van der Waals surface area contributed by atoms with E-state index in [0.29, 0.717) is 37.4 Å². The summed E-state index contributed by atoms with van der Waals surface area (Å²) in [5.74, 6) is -0.138. The van der Waals surface area contributed by atoms with Crippen LogP contribution in [0.25, 0.3) is 0 Å². The first kappa shape index (κ1) is 20.4. The van der Waals surface area contributed by atoms with Crippen LogP contribution in [0.5, 0.6) is 5.75 Å². The molecule has 3 heterocycles. The van der Waals surface area contributed by atoms with Crippen LogP contribution in [0.3, 0.4) is 0 Å². The topological polar surface area (TPSA) is 79.0 Å². The van der Waals surface area contributed by atoms with E-state index in [-0.39, 0.29) is 24.3 Å². The third kappa shape index (κ3) is 3.93. The Kier molecular flexibility index (Phi) is 5.42. The van der Waals surface area contributed by atoms with Crippen molar-refractivity contribution >= 4 is 17.7 Å². The summed E-state index contributed by atoms with van der Waals surface area (Å²) in [4.78, 5) is 40.4. The zero-order chi connectivity index (χ0) is 21.5. The summed E-state index contributed by atoms with van der Waals surface area (Å²) in [7, 11) is 0. The zero-order valence-electron chi connectivity index (χ0n) is 17.5. The second-order valence-electron chi connectivity index (χ2n) is 9.08. The molecular formula is C23H28FN3O4. The first-order valence-electron chi connectivity index (χ1n) is 11.3. The van der Waals surface area contributed by atoms with E-state index in [4.69, 9.17) is 4.74 Å². The zero-order valence-corrected chi connectivity index (χ0v) is 17.5. The highest BCUT2D eigenvalue weighted by Crippen LogP contribution is 2.34. The molecule has 3 aliphatic heterocycles. The van der Waals surface area contributed by atoms with E-state index in [0.717, 1.165) is 43.7 Å². The molecule has 166 valence electrons. The van der Waals surface area contributed by atoms with Crippen molar-refractivity contribution in [3.8, 4) is 5.75 Å². The average Bonchev–Trinajstić information content (AvgIpc) is 3.33. The Morgan fingerprint density at radius 3 is 2.61 bits per heavy atom. The molecule has 0 spiro atoms. The standard InChI is InChI=1S/C23H28FN3O4/c24-15-8-10-26(11-9-15)18-2-1-3-20(18)31-16-4-5-17-14(12-16)13-27(23(17)30)19-6-7-21(28)25-22(19)29/h4-5,12,15,18-20H,1-3,6-11,13H2,(H,25,28,29)/t18-,19?,20+/m1/s1. The summed E-state index contributed by atoms with van der Waals surface area (Å²) in [6.45, 7) is 1.91. The summed E-state index contributed by atoms with van der Waals surface area (Å²) in [6.07, 6.45) is 4.31. The number of amides is 3. The van der Waals surface area contributed by atoms with E-state index in [2.05, 4.69) is 10.2 Å². The van der Waals surface area contributed by atoms with Gasteiger partial charge in [0.25, 0.3) is 5.91 Å². The van der Waals surface area contributed by atoms with Crippen LogP contribution >= 0.6 is 0 Å². The van der Waals surface area contributed by atoms with E-state index in [1.165, 1.54) is 0 Å². The molecule has 1 saturated carbocycles. The van der Waals surface area contributed by atoms with E-state index >= 15 is 0 Å². The molecular weight excluding hydrogens is 401 g/mol. The van der Waals surface area contributed by atoms with Crippen molar-refractivity contribution in [1.82, 2.24) is 15.1 Å². The van der Waals surface area contributed by atoms with Crippen molar-refractivity contribution in [3.05, 3.63) is 29.3 Å². The Hall–Kier alpha value is -2.48. The predicted octanol–water partition coefficient (Wildman–Crippen LogP) is 2.18. The summed E-state index contributed by atoms with van der Waals surface area (Å²) >= 11 is 0. The molecule has 0 aromatic heterocycles. The van der Waals surface area contributed by atoms with Crippen LogP contribution in [0.4, 0.5) is 4.39 Å². The first-order chi connectivity index (χ1) is 15.0. The van der Waals surface area contributed by atoms with Gasteiger partial charge in [0.05, 0.1) is 0 Å². The van der Waals surface area contributed by atoms with Crippen molar-refractivity contribution in [3.63, 3.8) is 0 Å². The lowest BCUT2D eigenvalue weighted by molar-refractivity contribution is -0.136. The number of carbonyl (C=O) groups is 3. The van der Waals surface area contributed by atoms with Crippen molar-refractivity contribution in [2.24, 2.45) is 0 Å². The minimum atomic E-state index is -0.682. The van der Waals surface area contributed by atoms with Crippen LogP contribution in [-0.4, -0.2) is 65.0 Å². The minimum Gasteiger partial charge on any atom is -0.489 e. The van der Waals surface area contributed by atoms with E-state index in [1.807, 2.05) is 12.1 Å². The van der Waals surface area contributed by atoms with Crippen LogP contribution in [0.1, 0.15) is 60.9 Å². The number of piperidine rings is 2. The molecule has 2 saturated heterocycles. The van der Waals surface area contributed by atoms with Crippen molar-refractivity contribution in [1.29, 1.82) is 0 Å². The molecule has 4 aliphatic rings. The highest BCUT2D eigenvalue weighted by atomic mass is 19.1. The number of fused-ring (bicyclic) bond motifs is 1. The Morgan fingerprint density at radius 2 is 1.84 bits per heavy atom. The van der Waals surface area contributed by atoms with Gasteiger partial charge >= 0.3 is 0 Å². The molecule has 1 unspecified atom stereocenters. The average molecular weight is 429 g/mol. The first-order valence-corrected chi connectivity index (χ1v) is 11.3. The third-order valence-corrected chi connectivity index (χ3v) is 7.13. The number of carbonyl (C=O) groups excluding carboxylic acids is 3. The second kappa shape index (κ2) is 8.22. The fourth-order valence-corrected chi connectivity index (χ4v) is 5.46. The number of likely N-dealkylation sites (tertiary alicyclic amines) is 1. The van der Waals surface area contributed by atoms with Gasteiger partial charge in [-0.25, -0.2) is 4.39 Å². The summed E-state index contributed by atoms with van der Waals surface area (Å²) in [5, 5.41) is 2.33. The van der Waals surface area contributed by atoms with Gasteiger partial charge in [0, 0.05) is 37.7 Å². The van der Waals surface area contributed by atoms with Gasteiger partial charge in [-0.3, -0.25) is 24.6 Å². The molecule has 1 aliphatic carbocycles. The number of halogens is 1. The van der Waals surface area contributed by atoms with Crippen LogP contribution < -0.4 is 10.1 Å². The van der Waals surface area contributed by atoms with Gasteiger partial charge in [0.2, 0.25) is 11.8 Å². The van der Waals surface area contributed by atoms with Crippen molar-refractivity contribution in [2.75, 3.05) is 13.1 Å². The second-order valence-corrected chi connectivity index (χ2v) is 9.08. The highest BCUT2D eigenvalue weighted by molar-refractivity contribution is 6.05. The monoisotopic (exact) mass is 429 g/mol. The largest absolute Gasteiger partial charge is 0.489 e. The highest BCUT2D eigenvalue weighted by Gasteiger charge is 2.40. The van der Waals surface area contributed by atoms with Crippen LogP contribution in [0, 0.1) is 0 Å². The molecule has 3 fully saturated rings. The third-order valence-electron chi connectivity index (χ3n) is 7.13. The number of nitrogens with one attached hydrogen (secondary N) is 1. The quantitative estimate of drug-likeness (QED) is 0.743. The molecule has 1 aromatic carbocycles. The molecule has 8 heteroatoms. The Balaban J connectivity index is 1.27. The molecule has 1 aromatic rings. The molecule has 5 rings (SSSR count). The minimum absolute atomic E-state index is 0.0672. The number of alkyl halides is 1. The molecule has 7 nitrogen and oxygen atoms in total. The maximum atomic E-state index is 13.5. The fourth-order valence-electron chi connectivity index (χ4n) is 5.46. The molecule has 0 radical (unpaired) electrons. The molecule has 31 heavy (non-hydrogen) atoms. The maximum Gasteiger partial charge on any atom is 0.255 e. The van der Waals surface area contributed by atoms with E-state index in [1.54, 1.807) is 11.0 Å². The van der Waals surface area contributed by atoms with Crippen molar-refractivity contribution in [2.45, 2.75) is 75.8 Å². The summed E-state index contributed by atoms with van der Waals surface area (Å²) < 4.78 is 19.9. The number of hydrogen-bond donors (Lipinski definition) is 1. The van der Waals surface area contributed by atoms with Gasteiger partial charge in [0.15, 0.2) is 0 Å². The van der Waals surface area contributed by atoms with E-state index in [9.17, 15) is 18.8 Å². The lowest BCUT2D eigenvalue weighted by atomic mass is 10.0. The Morgan fingerprint density at radius 1 is 1.03 bits per heavy atom. The lowest BCUT2D eigenvalue weighted by Gasteiger charge is -2.36. The number of hydrogen-bond acceptors (Lipinski definition) is 5. The Labute approximate surface area is 180 Å². The number of nitrogens with zero attached hydrogens (tertiary/aromatic N) is 2. The molecule has 3 amide bonds. The van der Waals surface area contributed by atoms with Crippen LogP contribution in [-0.2, 0) is 16.1 Å². The molecule has 3 atom stereocenters. The molecule has 1 N–H and O–H groups in total. The van der Waals surface area contributed by atoms with Gasteiger partial charge in [-0.1, -0.05) is 0 Å². The van der Waals surface area contributed by atoms with Gasteiger partial charge < -0.3 is 9.64 Å². The van der Waals surface area contributed by atoms with Crippen LogP contribution in [0.2, 0.25) is 0 Å². The van der Waals surface area contributed by atoms with Crippen molar-refractivity contribution < 1.29 is 23.5 Å². The van der Waals surface area contributed by atoms with Gasteiger partial charge in [-0.2, -0.15) is 0 Å². The fraction of sp³-hybridized carbons (Fsp3) is 0.609. The van der Waals surface area contributed by atoms with Gasteiger partial charge in [0.1, 0.15) is 24.1 Å². The lowest BCUT2D eigenvalue weighted by Crippen LogP contribution is -2.52. The SMILES string of the molecule is O=C1CCC(N2Cc3cc(O[C@H]4CCC[C@H]4N4CCC(F)CC4)ccc3C2=O)C(=O)N1. The van der Waals surface area contributed by atoms with Gasteiger partial charge in [-0.15, -0.1) is 0 Å². The predicted molar refractivity (Wildman–Crippen MR) is 110 cm³/mol. The van der Waals surface area contributed by atoms with Crippen LogP contribution in [0.15, 0.2) is 18.2 Å². The normalized spacial score (nSPS) is 29.9. The smallest absolute Gasteiger partial charge is 0.255 e. The summed E-state index contributed by atoms with van der Waals surface area (Å²) in [5.41, 5.74) is 1.44. The summed E-state index contributed by atoms with van der Waals surface area (Å²) in [6, 6.07) is 5.20. The van der Waals surface area contributed by atoms with E-state index < -0.39 is 18.1 Å². The maximum absolute atomic E-state index is 13.5. The number of imide groups is 1. The Bertz CT molecular complexity index is 899. The number of ether oxygens (including phenoxy) is 1.